The van der Waals surface area contributed by atoms with E-state index in [1.54, 1.807) is 0 Å². The van der Waals surface area contributed by atoms with Crippen LogP contribution in [0, 0.1) is 0 Å². The molecule has 0 aromatic rings. The van der Waals surface area contributed by atoms with Gasteiger partial charge in [-0.25, -0.2) is 4.79 Å². The van der Waals surface area contributed by atoms with Crippen molar-refractivity contribution in [2.75, 3.05) is 0 Å². The highest BCUT2D eigenvalue weighted by molar-refractivity contribution is 6.14. The number of rotatable bonds is 3. The summed E-state index contributed by atoms with van der Waals surface area (Å²) in [5.41, 5.74) is 0. The Balaban J connectivity index is 2.54. The van der Waals surface area contributed by atoms with Gasteiger partial charge >= 0.3 is 5.97 Å². The Bertz CT molecular complexity index is 342. The largest absolute Gasteiger partial charge is 0.478 e. The average Bonchev–Trinajstić information content (AvgIpc) is 2.46. The lowest BCUT2D eigenvalue weighted by Gasteiger charge is -2.06. The second kappa shape index (κ2) is 4.50. The summed E-state index contributed by atoms with van der Waals surface area (Å²) in [5, 5.41) is 10.4. The smallest absolute Gasteiger partial charge is 0.328 e. The van der Waals surface area contributed by atoms with Gasteiger partial charge in [0, 0.05) is 25.0 Å². The van der Waals surface area contributed by atoms with Gasteiger partial charge in [0.15, 0.2) is 11.6 Å². The number of carboxylic acids is 1. The first-order chi connectivity index (χ1) is 7.00. The van der Waals surface area contributed by atoms with Crippen molar-refractivity contribution in [2.45, 2.75) is 18.9 Å². The van der Waals surface area contributed by atoms with E-state index in [2.05, 4.69) is 5.32 Å². The zero-order chi connectivity index (χ0) is 11.4. The van der Waals surface area contributed by atoms with Crippen LogP contribution in [-0.2, 0) is 19.2 Å². The molecule has 6 heteroatoms. The zero-order valence-corrected chi connectivity index (χ0v) is 7.73. The molecule has 6 nitrogen and oxygen atoms in total. The second-order valence-corrected chi connectivity index (χ2v) is 3.05. The Morgan fingerprint density at radius 1 is 1.20 bits per heavy atom. The van der Waals surface area contributed by atoms with Crippen LogP contribution in [-0.4, -0.2) is 34.6 Å². The number of hydrogen-bond acceptors (Lipinski definition) is 4. The van der Waals surface area contributed by atoms with E-state index in [1.807, 2.05) is 0 Å². The molecular formula is C9H9NO5. The van der Waals surface area contributed by atoms with Gasteiger partial charge in [0.2, 0.25) is 5.91 Å². The molecule has 80 valence electrons. The van der Waals surface area contributed by atoms with E-state index in [9.17, 15) is 19.2 Å². The van der Waals surface area contributed by atoms with Crippen LogP contribution >= 0.6 is 0 Å². The zero-order valence-electron chi connectivity index (χ0n) is 7.73. The molecule has 1 amide bonds. The molecule has 0 unspecified atom stereocenters. The van der Waals surface area contributed by atoms with Gasteiger partial charge in [-0.2, -0.15) is 0 Å². The van der Waals surface area contributed by atoms with E-state index in [4.69, 9.17) is 5.11 Å². The van der Waals surface area contributed by atoms with Gasteiger partial charge < -0.3 is 10.4 Å². The molecule has 0 aromatic carbocycles. The average molecular weight is 211 g/mol. The Hall–Kier alpha value is -1.98. The van der Waals surface area contributed by atoms with Gasteiger partial charge in [-0.3, -0.25) is 14.4 Å². The molecule has 1 fully saturated rings. The van der Waals surface area contributed by atoms with Crippen molar-refractivity contribution in [2.24, 2.45) is 0 Å². The highest BCUT2D eigenvalue weighted by Crippen LogP contribution is 2.10. The van der Waals surface area contributed by atoms with Crippen LogP contribution in [0.4, 0.5) is 0 Å². The molecule has 0 saturated heterocycles. The number of amides is 1. The van der Waals surface area contributed by atoms with Crippen molar-refractivity contribution in [3.63, 3.8) is 0 Å². The maximum atomic E-state index is 11.1. The highest BCUT2D eigenvalue weighted by Gasteiger charge is 2.33. The van der Waals surface area contributed by atoms with Gasteiger partial charge in [-0.05, 0) is 0 Å². The van der Waals surface area contributed by atoms with Crippen molar-refractivity contribution in [1.82, 2.24) is 5.32 Å². The van der Waals surface area contributed by atoms with Crippen LogP contribution in [0.25, 0.3) is 0 Å². The summed E-state index contributed by atoms with van der Waals surface area (Å²) >= 11 is 0. The van der Waals surface area contributed by atoms with Crippen LogP contribution in [0.5, 0.6) is 0 Å². The number of aliphatic carboxylic acids is 1. The summed E-state index contributed by atoms with van der Waals surface area (Å²) in [4.78, 5) is 43.3. The molecule has 1 saturated carbocycles. The predicted octanol–water partition coefficient (Wildman–Crippen LogP) is -0.956. The fourth-order valence-corrected chi connectivity index (χ4v) is 1.21. The lowest BCUT2D eigenvalue weighted by atomic mass is 10.2. The van der Waals surface area contributed by atoms with E-state index in [-0.39, 0.29) is 24.4 Å². The first kappa shape index (κ1) is 11.1. The molecule has 0 spiro atoms. The third kappa shape index (κ3) is 3.01. The van der Waals surface area contributed by atoms with Crippen molar-refractivity contribution in [3.05, 3.63) is 12.2 Å². The number of nitrogens with one attached hydrogen (secondary N) is 1. The van der Waals surface area contributed by atoms with Crippen molar-refractivity contribution < 1.29 is 24.3 Å². The quantitative estimate of drug-likeness (QED) is 0.462. The minimum absolute atomic E-state index is 0.131. The van der Waals surface area contributed by atoms with Crippen molar-refractivity contribution in [3.8, 4) is 0 Å². The summed E-state index contributed by atoms with van der Waals surface area (Å²) in [6.45, 7) is 0. The first-order valence-corrected chi connectivity index (χ1v) is 4.27. The number of ketones is 2. The third-order valence-electron chi connectivity index (χ3n) is 1.93. The topological polar surface area (TPSA) is 101 Å². The van der Waals surface area contributed by atoms with Gasteiger partial charge in [-0.1, -0.05) is 0 Å². The van der Waals surface area contributed by atoms with E-state index < -0.39 is 17.9 Å². The summed E-state index contributed by atoms with van der Waals surface area (Å²) < 4.78 is 0. The molecule has 2 N–H and O–H groups in total. The molecule has 0 radical (unpaired) electrons. The number of carbonyl (C=O) groups excluding carboxylic acids is 3. The standard InChI is InChI=1S/C9H9NO5/c11-5-1-2-6(12)9(5)10-7(13)3-4-8(14)15/h3-4,9H,1-2H2,(H,10,13)(H,14,15)/b4-3+. The van der Waals surface area contributed by atoms with Crippen molar-refractivity contribution in [1.29, 1.82) is 0 Å². The summed E-state index contributed by atoms with van der Waals surface area (Å²) in [6.07, 6.45) is 1.67. The predicted molar refractivity (Wildman–Crippen MR) is 48.0 cm³/mol. The van der Waals surface area contributed by atoms with Crippen LogP contribution in [0.1, 0.15) is 12.8 Å². The SMILES string of the molecule is O=C(O)/C=C/C(=O)NC1C(=O)CCC1=O. The maximum absolute atomic E-state index is 11.1. The fraction of sp³-hybridized carbons (Fsp3) is 0.333. The minimum atomic E-state index is -1.27. The molecular weight excluding hydrogens is 202 g/mol. The first-order valence-electron chi connectivity index (χ1n) is 4.27. The fourth-order valence-electron chi connectivity index (χ4n) is 1.21. The Morgan fingerprint density at radius 2 is 1.73 bits per heavy atom. The molecule has 0 aromatic heterocycles. The summed E-state index contributed by atoms with van der Waals surface area (Å²) in [6, 6.07) is -1.10. The van der Waals surface area contributed by atoms with Crippen LogP contribution in [0.2, 0.25) is 0 Å². The highest BCUT2D eigenvalue weighted by atomic mass is 16.4. The Morgan fingerprint density at radius 3 is 2.20 bits per heavy atom. The lowest BCUT2D eigenvalue weighted by molar-refractivity contribution is -0.131. The molecule has 0 bridgehead atoms. The lowest BCUT2D eigenvalue weighted by Crippen LogP contribution is -2.41. The van der Waals surface area contributed by atoms with Gasteiger partial charge in [0.05, 0.1) is 0 Å². The van der Waals surface area contributed by atoms with Gasteiger partial charge in [0.25, 0.3) is 0 Å². The number of Topliss-reactive ketones (excluding diaryl/α,β-unsaturated/α-hetero) is 2. The normalized spacial score (nSPS) is 17.3. The monoisotopic (exact) mass is 211 g/mol. The van der Waals surface area contributed by atoms with E-state index in [1.165, 1.54) is 0 Å². The van der Waals surface area contributed by atoms with Gasteiger partial charge in [0.1, 0.15) is 6.04 Å². The Kier molecular flexibility index (Phi) is 3.33. The molecule has 1 rings (SSSR count). The van der Waals surface area contributed by atoms with Crippen LogP contribution in [0.15, 0.2) is 12.2 Å². The molecule has 0 aliphatic heterocycles. The summed E-state index contributed by atoms with van der Waals surface area (Å²) in [5.74, 6) is -2.70. The minimum Gasteiger partial charge on any atom is -0.478 e. The van der Waals surface area contributed by atoms with E-state index >= 15 is 0 Å². The molecule has 1 aliphatic carbocycles. The molecule has 15 heavy (non-hydrogen) atoms. The summed E-state index contributed by atoms with van der Waals surface area (Å²) in [7, 11) is 0. The third-order valence-corrected chi connectivity index (χ3v) is 1.93. The number of carboxylic acid groups (broad SMARTS) is 1. The van der Waals surface area contributed by atoms with E-state index in [0.29, 0.717) is 6.08 Å². The second-order valence-electron chi connectivity index (χ2n) is 3.05. The molecule has 0 heterocycles. The maximum Gasteiger partial charge on any atom is 0.328 e. The molecule has 1 aliphatic rings. The number of hydrogen-bond donors (Lipinski definition) is 2. The van der Waals surface area contributed by atoms with Crippen LogP contribution < -0.4 is 5.32 Å². The van der Waals surface area contributed by atoms with Gasteiger partial charge in [-0.15, -0.1) is 0 Å². The molecule has 0 atom stereocenters. The number of carbonyl (C=O) groups is 4. The van der Waals surface area contributed by atoms with Crippen molar-refractivity contribution >= 4 is 23.4 Å². The van der Waals surface area contributed by atoms with E-state index in [0.717, 1.165) is 6.08 Å². The Labute approximate surface area is 85.0 Å². The van der Waals surface area contributed by atoms with Crippen LogP contribution in [0.3, 0.4) is 0 Å².